The number of esters is 1. The Morgan fingerprint density at radius 1 is 1.21 bits per heavy atom. The molecule has 0 saturated carbocycles. The first kappa shape index (κ1) is 20.6. The molecule has 150 valence electrons. The van der Waals surface area contributed by atoms with Crippen molar-refractivity contribution in [2.24, 2.45) is 4.99 Å². The van der Waals surface area contributed by atoms with Gasteiger partial charge in [-0.1, -0.05) is 63.7 Å². The van der Waals surface area contributed by atoms with Crippen LogP contribution in [0.3, 0.4) is 0 Å². The van der Waals surface area contributed by atoms with E-state index in [2.05, 4.69) is 37.9 Å². The molecular formula is C22H28N2O3S. The Morgan fingerprint density at radius 3 is 2.39 bits per heavy atom. The van der Waals surface area contributed by atoms with Crippen LogP contribution in [0.2, 0.25) is 0 Å². The van der Waals surface area contributed by atoms with Crippen molar-refractivity contribution in [3.63, 3.8) is 0 Å². The average Bonchev–Trinajstić information content (AvgIpc) is 2.95. The third kappa shape index (κ3) is 3.62. The van der Waals surface area contributed by atoms with Crippen molar-refractivity contribution in [1.82, 2.24) is 4.90 Å². The summed E-state index contributed by atoms with van der Waals surface area (Å²) in [6.07, 6.45) is 0.725. The predicted molar refractivity (Wildman–Crippen MR) is 113 cm³/mol. The van der Waals surface area contributed by atoms with E-state index in [0.29, 0.717) is 16.4 Å². The Morgan fingerprint density at radius 2 is 1.86 bits per heavy atom. The van der Waals surface area contributed by atoms with E-state index in [1.54, 1.807) is 11.8 Å². The summed E-state index contributed by atoms with van der Waals surface area (Å²) in [6.45, 7) is 12.4. The fourth-order valence-corrected chi connectivity index (χ4v) is 4.67. The van der Waals surface area contributed by atoms with Crippen LogP contribution in [-0.2, 0) is 19.7 Å². The molecule has 2 heterocycles. The molecule has 2 atom stereocenters. The van der Waals surface area contributed by atoms with Crippen molar-refractivity contribution < 1.29 is 14.3 Å². The number of nitrogens with zero attached hydrogens (tertiary/aromatic N) is 2. The Balaban J connectivity index is 2.11. The number of hydrogen-bond acceptors (Lipinski definition) is 5. The Bertz CT molecular complexity index is 850. The first-order chi connectivity index (χ1) is 13.2. The van der Waals surface area contributed by atoms with Crippen LogP contribution in [0.25, 0.3) is 0 Å². The number of allylic oxidation sites excluding steroid dienone is 1. The second-order valence-corrected chi connectivity index (χ2v) is 9.28. The number of fused-ring (bicyclic) bond motifs is 1. The molecule has 0 aliphatic carbocycles. The molecule has 28 heavy (non-hydrogen) atoms. The van der Waals surface area contributed by atoms with Gasteiger partial charge in [0.1, 0.15) is 0 Å². The van der Waals surface area contributed by atoms with Crippen molar-refractivity contribution in [1.29, 1.82) is 0 Å². The summed E-state index contributed by atoms with van der Waals surface area (Å²) in [4.78, 5) is 32.1. The quantitative estimate of drug-likeness (QED) is 0.694. The van der Waals surface area contributed by atoms with Crippen molar-refractivity contribution in [2.75, 3.05) is 6.61 Å². The molecule has 0 N–H and O–H groups in total. The van der Waals surface area contributed by atoms with Crippen LogP contribution in [0.4, 0.5) is 0 Å². The summed E-state index contributed by atoms with van der Waals surface area (Å²) in [5.41, 5.74) is 3.19. The lowest BCUT2D eigenvalue weighted by Gasteiger charge is -2.33. The van der Waals surface area contributed by atoms with E-state index in [4.69, 9.17) is 4.74 Å². The molecule has 0 spiro atoms. The van der Waals surface area contributed by atoms with Gasteiger partial charge in [0.05, 0.1) is 29.2 Å². The van der Waals surface area contributed by atoms with E-state index in [-0.39, 0.29) is 23.2 Å². The summed E-state index contributed by atoms with van der Waals surface area (Å²) < 4.78 is 5.31. The largest absolute Gasteiger partial charge is 0.463 e. The van der Waals surface area contributed by atoms with E-state index in [1.165, 1.54) is 17.3 Å². The maximum absolute atomic E-state index is 13.1. The van der Waals surface area contributed by atoms with Gasteiger partial charge in [0.15, 0.2) is 5.17 Å². The van der Waals surface area contributed by atoms with Gasteiger partial charge in [-0.05, 0) is 36.8 Å². The number of thioether (sulfide) groups is 1. The van der Waals surface area contributed by atoms with Crippen molar-refractivity contribution in [3.8, 4) is 0 Å². The summed E-state index contributed by atoms with van der Waals surface area (Å²) in [6, 6.07) is 7.67. The van der Waals surface area contributed by atoms with Gasteiger partial charge in [0, 0.05) is 0 Å². The zero-order valence-corrected chi connectivity index (χ0v) is 18.2. The summed E-state index contributed by atoms with van der Waals surface area (Å²) in [7, 11) is 0. The van der Waals surface area contributed by atoms with Gasteiger partial charge in [0.2, 0.25) is 5.91 Å². The number of carbonyl (C=O) groups is 2. The highest BCUT2D eigenvalue weighted by Crippen LogP contribution is 2.44. The number of aliphatic imine (C=N–C) groups is 1. The average molecular weight is 401 g/mol. The highest BCUT2D eigenvalue weighted by Gasteiger charge is 2.47. The van der Waals surface area contributed by atoms with E-state index in [0.717, 1.165) is 12.0 Å². The van der Waals surface area contributed by atoms with Crippen LogP contribution < -0.4 is 0 Å². The monoisotopic (exact) mass is 400 g/mol. The maximum atomic E-state index is 13.1. The molecule has 0 aromatic heterocycles. The Kier molecular flexibility index (Phi) is 5.71. The summed E-state index contributed by atoms with van der Waals surface area (Å²) in [5.74, 6) is -0.407. The summed E-state index contributed by atoms with van der Waals surface area (Å²) in [5, 5.41) is 0.511. The first-order valence-electron chi connectivity index (χ1n) is 9.75. The second-order valence-electron chi connectivity index (χ2n) is 8.11. The molecule has 1 aromatic carbocycles. The van der Waals surface area contributed by atoms with E-state index >= 15 is 0 Å². The van der Waals surface area contributed by atoms with Crippen LogP contribution in [0.5, 0.6) is 0 Å². The van der Waals surface area contributed by atoms with E-state index in [9.17, 15) is 9.59 Å². The minimum atomic E-state index is -0.503. The van der Waals surface area contributed by atoms with Gasteiger partial charge < -0.3 is 4.74 Å². The van der Waals surface area contributed by atoms with Crippen molar-refractivity contribution in [2.45, 2.75) is 64.7 Å². The molecule has 6 heteroatoms. The molecule has 1 aromatic rings. The molecular weight excluding hydrogens is 372 g/mol. The van der Waals surface area contributed by atoms with Gasteiger partial charge >= 0.3 is 5.97 Å². The van der Waals surface area contributed by atoms with Crippen molar-refractivity contribution >= 4 is 28.8 Å². The lowest BCUT2D eigenvalue weighted by molar-refractivity contribution is -0.139. The zero-order chi connectivity index (χ0) is 20.6. The first-order valence-corrected chi connectivity index (χ1v) is 10.6. The number of rotatable bonds is 4. The number of amidine groups is 1. The number of ether oxygens (including phenoxy) is 1. The van der Waals surface area contributed by atoms with Crippen molar-refractivity contribution in [3.05, 3.63) is 46.7 Å². The van der Waals surface area contributed by atoms with E-state index in [1.807, 2.05) is 26.0 Å². The van der Waals surface area contributed by atoms with Gasteiger partial charge in [-0.2, -0.15) is 0 Å². The molecule has 2 aliphatic rings. The number of hydrogen-bond donors (Lipinski definition) is 0. The van der Waals surface area contributed by atoms with Gasteiger partial charge in [-0.25, -0.2) is 9.79 Å². The highest BCUT2D eigenvalue weighted by molar-refractivity contribution is 8.15. The Labute approximate surface area is 171 Å². The predicted octanol–water partition coefficient (Wildman–Crippen LogP) is 4.59. The third-order valence-electron chi connectivity index (χ3n) is 5.11. The normalized spacial score (nSPS) is 22.3. The molecule has 1 amide bonds. The topological polar surface area (TPSA) is 59.0 Å². The van der Waals surface area contributed by atoms with Crippen LogP contribution >= 0.6 is 11.8 Å². The molecule has 1 saturated heterocycles. The minimum Gasteiger partial charge on any atom is -0.463 e. The maximum Gasteiger partial charge on any atom is 0.338 e. The molecule has 0 unspecified atom stereocenters. The van der Waals surface area contributed by atoms with Gasteiger partial charge in [-0.3, -0.25) is 9.69 Å². The van der Waals surface area contributed by atoms with Crippen LogP contribution in [0.1, 0.15) is 65.1 Å². The molecule has 0 bridgehead atoms. The van der Waals surface area contributed by atoms with Crippen LogP contribution in [-0.4, -0.2) is 33.8 Å². The van der Waals surface area contributed by atoms with Gasteiger partial charge in [-0.15, -0.1) is 0 Å². The molecule has 1 fully saturated rings. The standard InChI is InChI=1S/C22H28N2O3S/c1-7-16-19(25)24-18(14-9-11-15(12-10-14)22(4,5)6)17(20(26)27-8-2)13(3)23-21(24)28-16/h9-12,16,18H,7-8H2,1-6H3/t16-,18-/m0/s1. The number of carbonyl (C=O) groups excluding carboxylic acids is 2. The lowest BCUT2D eigenvalue weighted by atomic mass is 9.85. The molecule has 3 rings (SSSR count). The fraction of sp³-hybridized carbons (Fsp3) is 0.500. The zero-order valence-electron chi connectivity index (χ0n) is 17.4. The fourth-order valence-electron chi connectivity index (χ4n) is 3.54. The number of benzene rings is 1. The second kappa shape index (κ2) is 7.74. The van der Waals surface area contributed by atoms with E-state index < -0.39 is 12.0 Å². The number of amides is 1. The smallest absolute Gasteiger partial charge is 0.338 e. The minimum absolute atomic E-state index is 0.00504. The Hall–Kier alpha value is -2.08. The molecule has 2 aliphatic heterocycles. The summed E-state index contributed by atoms with van der Waals surface area (Å²) >= 11 is 1.48. The lowest BCUT2D eigenvalue weighted by Crippen LogP contribution is -2.40. The SMILES string of the molecule is CCOC(=O)C1=C(C)N=C2S[C@@H](CC)C(=O)N2[C@H]1c1ccc(C(C)(C)C)cc1. The van der Waals surface area contributed by atoms with Crippen LogP contribution in [0.15, 0.2) is 40.5 Å². The molecule has 5 nitrogen and oxygen atoms in total. The highest BCUT2D eigenvalue weighted by atomic mass is 32.2. The van der Waals surface area contributed by atoms with Gasteiger partial charge in [0.25, 0.3) is 0 Å². The third-order valence-corrected chi connectivity index (χ3v) is 6.43. The molecule has 0 radical (unpaired) electrons. The van der Waals surface area contributed by atoms with Crippen LogP contribution in [0, 0.1) is 0 Å².